The highest BCUT2D eigenvalue weighted by atomic mass is 16.4. The molecule has 8 heteroatoms. The van der Waals surface area contributed by atoms with Gasteiger partial charge in [0, 0.05) is 19.7 Å². The van der Waals surface area contributed by atoms with Crippen molar-refractivity contribution < 1.29 is 29.7 Å². The maximum atomic E-state index is 11.8. The highest BCUT2D eigenvalue weighted by Crippen LogP contribution is 2.15. The molecule has 4 N–H and O–H groups in total. The minimum Gasteiger partial charge on any atom is -0.481 e. The number of rotatable bonds is 5. The highest BCUT2D eigenvalue weighted by molar-refractivity contribution is 5.86. The van der Waals surface area contributed by atoms with Crippen LogP contribution in [0.3, 0.4) is 0 Å². The summed E-state index contributed by atoms with van der Waals surface area (Å²) in [5, 5.41) is 28.6. The van der Waals surface area contributed by atoms with E-state index in [1.165, 1.54) is 4.90 Å². The van der Waals surface area contributed by atoms with E-state index in [0.717, 1.165) is 12.8 Å². The van der Waals surface area contributed by atoms with Gasteiger partial charge in [-0.25, -0.2) is 9.59 Å². The summed E-state index contributed by atoms with van der Waals surface area (Å²) in [6.07, 6.45) is 0.880. The number of nitrogens with one attached hydrogen (secondary N) is 1. The van der Waals surface area contributed by atoms with E-state index in [1.54, 1.807) is 0 Å². The van der Waals surface area contributed by atoms with Gasteiger partial charge in [0.15, 0.2) is 0 Å². The minimum atomic E-state index is -1.44. The van der Waals surface area contributed by atoms with Crippen LogP contribution in [0.25, 0.3) is 0 Å². The van der Waals surface area contributed by atoms with Crippen molar-refractivity contribution in [3.8, 4) is 0 Å². The fourth-order valence-corrected chi connectivity index (χ4v) is 2.01. The number of likely N-dealkylation sites (tertiary alicyclic amines) is 1. The molecule has 0 aliphatic carbocycles. The number of aliphatic carboxylic acids is 2. The summed E-state index contributed by atoms with van der Waals surface area (Å²) in [4.78, 5) is 34.6. The first-order chi connectivity index (χ1) is 8.93. The van der Waals surface area contributed by atoms with Crippen LogP contribution in [-0.2, 0) is 9.59 Å². The Morgan fingerprint density at radius 3 is 2.53 bits per heavy atom. The fraction of sp³-hybridized carbons (Fsp3) is 0.727. The molecule has 108 valence electrons. The largest absolute Gasteiger partial charge is 0.481 e. The number of carboxylic acids is 2. The number of urea groups is 1. The van der Waals surface area contributed by atoms with Crippen LogP contribution in [-0.4, -0.2) is 63.9 Å². The monoisotopic (exact) mass is 274 g/mol. The number of hydrogen-bond acceptors (Lipinski definition) is 4. The first-order valence-corrected chi connectivity index (χ1v) is 6.05. The van der Waals surface area contributed by atoms with Crippen LogP contribution in [0.15, 0.2) is 0 Å². The Morgan fingerprint density at radius 2 is 2.00 bits per heavy atom. The van der Waals surface area contributed by atoms with E-state index in [4.69, 9.17) is 15.3 Å². The van der Waals surface area contributed by atoms with Crippen LogP contribution in [0.1, 0.15) is 19.3 Å². The molecule has 8 nitrogen and oxygen atoms in total. The van der Waals surface area contributed by atoms with E-state index in [2.05, 4.69) is 5.32 Å². The Balaban J connectivity index is 2.56. The number of nitrogens with zero attached hydrogens (tertiary/aromatic N) is 1. The number of aliphatic hydroxyl groups is 1. The molecule has 1 rings (SSSR count). The quantitative estimate of drug-likeness (QED) is 0.526. The number of hydrogen-bond donors (Lipinski definition) is 4. The van der Waals surface area contributed by atoms with Gasteiger partial charge in [0.1, 0.15) is 6.04 Å². The summed E-state index contributed by atoms with van der Waals surface area (Å²) < 4.78 is 0. The summed E-state index contributed by atoms with van der Waals surface area (Å²) in [5.41, 5.74) is 0. The topological polar surface area (TPSA) is 127 Å². The Hall–Kier alpha value is -1.83. The molecule has 0 saturated carbocycles. The van der Waals surface area contributed by atoms with Crippen LogP contribution >= 0.6 is 0 Å². The lowest BCUT2D eigenvalue weighted by Gasteiger charge is -2.32. The van der Waals surface area contributed by atoms with Gasteiger partial charge in [0.2, 0.25) is 0 Å². The molecule has 0 radical (unpaired) electrons. The number of amides is 2. The number of aliphatic hydroxyl groups excluding tert-OH is 1. The number of piperidine rings is 1. The van der Waals surface area contributed by atoms with Crippen molar-refractivity contribution in [1.29, 1.82) is 0 Å². The number of carboxylic acid groups (broad SMARTS) is 2. The summed E-state index contributed by atoms with van der Waals surface area (Å²) in [6.45, 7) is 0.796. The van der Waals surface area contributed by atoms with Gasteiger partial charge in [-0.1, -0.05) is 0 Å². The lowest BCUT2D eigenvalue weighted by molar-refractivity contribution is -0.145. The highest BCUT2D eigenvalue weighted by Gasteiger charge is 2.28. The molecule has 1 aliphatic heterocycles. The van der Waals surface area contributed by atoms with Crippen LogP contribution < -0.4 is 5.32 Å². The van der Waals surface area contributed by atoms with E-state index < -0.39 is 30.4 Å². The third-order valence-corrected chi connectivity index (χ3v) is 3.04. The molecular weight excluding hydrogens is 256 g/mol. The van der Waals surface area contributed by atoms with Crippen LogP contribution in [0.4, 0.5) is 4.79 Å². The Kier molecular flexibility index (Phi) is 5.56. The predicted octanol–water partition coefficient (Wildman–Crippen LogP) is -0.672. The summed E-state index contributed by atoms with van der Waals surface area (Å²) in [5.74, 6) is -2.69. The first-order valence-electron chi connectivity index (χ1n) is 6.05. The average molecular weight is 274 g/mol. The van der Waals surface area contributed by atoms with Gasteiger partial charge in [-0.05, 0) is 18.8 Å². The molecule has 1 fully saturated rings. The van der Waals surface area contributed by atoms with Gasteiger partial charge in [0.25, 0.3) is 0 Å². The van der Waals surface area contributed by atoms with Gasteiger partial charge in [-0.15, -0.1) is 0 Å². The van der Waals surface area contributed by atoms with Crippen molar-refractivity contribution in [1.82, 2.24) is 10.2 Å². The summed E-state index contributed by atoms with van der Waals surface area (Å²) in [6, 6.07) is -2.05. The molecule has 1 aliphatic rings. The molecule has 1 heterocycles. The van der Waals surface area contributed by atoms with Crippen molar-refractivity contribution in [2.75, 3.05) is 19.7 Å². The molecule has 1 unspecified atom stereocenters. The van der Waals surface area contributed by atoms with Gasteiger partial charge < -0.3 is 25.5 Å². The normalized spacial score (nSPS) is 20.7. The fourth-order valence-electron chi connectivity index (χ4n) is 2.01. The molecule has 2 atom stereocenters. The second kappa shape index (κ2) is 6.93. The van der Waals surface area contributed by atoms with Crippen molar-refractivity contribution in [3.63, 3.8) is 0 Å². The molecule has 0 aromatic rings. The molecule has 0 aromatic heterocycles. The Labute approximate surface area is 110 Å². The van der Waals surface area contributed by atoms with Gasteiger partial charge >= 0.3 is 18.0 Å². The smallest absolute Gasteiger partial charge is 0.326 e. The standard InChI is InChI=1S/C11H18N2O6/c14-6-7-2-1-3-13(5-7)11(19)12-8(10(17)18)4-9(15)16/h7-8,14H,1-6H2,(H,12,19)(H,15,16)(H,17,18)/t7?,8-/m1/s1. The maximum absolute atomic E-state index is 11.8. The van der Waals surface area contributed by atoms with Gasteiger partial charge in [-0.3, -0.25) is 4.79 Å². The van der Waals surface area contributed by atoms with Crippen molar-refractivity contribution in [2.24, 2.45) is 5.92 Å². The Morgan fingerprint density at radius 1 is 1.32 bits per heavy atom. The lowest BCUT2D eigenvalue weighted by atomic mass is 9.99. The maximum Gasteiger partial charge on any atom is 0.326 e. The van der Waals surface area contributed by atoms with Crippen molar-refractivity contribution in [2.45, 2.75) is 25.3 Å². The molecule has 2 amide bonds. The minimum absolute atomic E-state index is 0.0118. The number of carbonyl (C=O) groups excluding carboxylic acids is 1. The molecule has 0 aromatic carbocycles. The third-order valence-electron chi connectivity index (χ3n) is 3.04. The summed E-state index contributed by atoms with van der Waals surface area (Å²) in [7, 11) is 0. The van der Waals surface area contributed by atoms with E-state index in [0.29, 0.717) is 13.1 Å². The second-order valence-corrected chi connectivity index (χ2v) is 4.58. The van der Waals surface area contributed by atoms with Gasteiger partial charge in [0.05, 0.1) is 6.42 Å². The predicted molar refractivity (Wildman–Crippen MR) is 63.6 cm³/mol. The molecule has 0 spiro atoms. The number of carbonyl (C=O) groups is 3. The zero-order valence-corrected chi connectivity index (χ0v) is 10.4. The van der Waals surface area contributed by atoms with Crippen LogP contribution in [0.5, 0.6) is 0 Å². The summed E-state index contributed by atoms with van der Waals surface area (Å²) >= 11 is 0. The lowest BCUT2D eigenvalue weighted by Crippen LogP contribution is -2.51. The first kappa shape index (κ1) is 15.2. The third kappa shape index (κ3) is 4.74. The molecule has 1 saturated heterocycles. The SMILES string of the molecule is O=C(O)C[C@@H](NC(=O)N1CCCC(CO)C1)C(=O)O. The molecular formula is C11H18N2O6. The molecule has 0 bridgehead atoms. The zero-order valence-electron chi connectivity index (χ0n) is 10.4. The zero-order chi connectivity index (χ0) is 14.4. The Bertz CT molecular complexity index is 359. The van der Waals surface area contributed by atoms with E-state index in [9.17, 15) is 14.4 Å². The van der Waals surface area contributed by atoms with Crippen LogP contribution in [0.2, 0.25) is 0 Å². The second-order valence-electron chi connectivity index (χ2n) is 4.58. The molecule has 19 heavy (non-hydrogen) atoms. The van der Waals surface area contributed by atoms with Gasteiger partial charge in [-0.2, -0.15) is 0 Å². The van der Waals surface area contributed by atoms with E-state index in [1.807, 2.05) is 0 Å². The average Bonchev–Trinajstić information content (AvgIpc) is 2.37. The van der Waals surface area contributed by atoms with Crippen molar-refractivity contribution >= 4 is 18.0 Å². The van der Waals surface area contributed by atoms with E-state index in [-0.39, 0.29) is 12.5 Å². The van der Waals surface area contributed by atoms with Crippen LogP contribution in [0, 0.1) is 5.92 Å². The van der Waals surface area contributed by atoms with Crippen molar-refractivity contribution in [3.05, 3.63) is 0 Å². The van der Waals surface area contributed by atoms with E-state index >= 15 is 0 Å².